The molecule has 6 nitrogen and oxygen atoms in total. The van der Waals surface area contributed by atoms with Crippen molar-refractivity contribution in [3.8, 4) is 11.4 Å². The molecule has 2 rings (SSSR count). The number of hydrogen-bond acceptors (Lipinski definition) is 3. The van der Waals surface area contributed by atoms with Crippen LogP contribution in [-0.4, -0.2) is 31.1 Å². The van der Waals surface area contributed by atoms with Crippen LogP contribution in [0.1, 0.15) is 30.4 Å². The first-order valence-corrected chi connectivity index (χ1v) is 4.93. The van der Waals surface area contributed by atoms with E-state index in [1.165, 1.54) is 0 Å². The lowest BCUT2D eigenvalue weighted by Gasteiger charge is -2.08. The van der Waals surface area contributed by atoms with Crippen LogP contribution < -0.4 is 0 Å². The number of aromatic amines is 1. The first kappa shape index (κ1) is 10.4. The van der Waals surface area contributed by atoms with Crippen molar-refractivity contribution in [2.45, 2.75) is 19.9 Å². The molecule has 6 heteroatoms. The standard InChI is InChI=1S/C10H12N4O2/c1-6(2)14-9(7-4-3-5-11-7)8(10(15)16)12-13-14/h3-6,11H,1-2H3,(H,15,16). The summed E-state index contributed by atoms with van der Waals surface area (Å²) in [5.41, 5.74) is 1.18. The number of nitrogens with one attached hydrogen (secondary N) is 1. The molecule has 2 heterocycles. The van der Waals surface area contributed by atoms with Crippen LogP contribution >= 0.6 is 0 Å². The van der Waals surface area contributed by atoms with Gasteiger partial charge in [0.25, 0.3) is 0 Å². The van der Waals surface area contributed by atoms with Gasteiger partial charge in [0.2, 0.25) is 0 Å². The normalized spacial score (nSPS) is 10.9. The molecule has 84 valence electrons. The molecule has 0 fully saturated rings. The van der Waals surface area contributed by atoms with Gasteiger partial charge in [-0.3, -0.25) is 0 Å². The number of H-pyrrole nitrogens is 1. The van der Waals surface area contributed by atoms with E-state index in [0.717, 1.165) is 0 Å². The zero-order valence-corrected chi connectivity index (χ0v) is 9.01. The maximum absolute atomic E-state index is 11.0. The number of carbonyl (C=O) groups is 1. The molecule has 0 saturated carbocycles. The maximum atomic E-state index is 11.0. The number of nitrogens with zero attached hydrogens (tertiary/aromatic N) is 3. The smallest absolute Gasteiger partial charge is 0.358 e. The predicted molar refractivity (Wildman–Crippen MR) is 57.2 cm³/mol. The fourth-order valence-corrected chi connectivity index (χ4v) is 1.53. The SMILES string of the molecule is CC(C)n1nnc(C(=O)O)c1-c1ccc[nH]1. The van der Waals surface area contributed by atoms with Gasteiger partial charge in [0.1, 0.15) is 5.69 Å². The average Bonchev–Trinajstić information content (AvgIpc) is 2.85. The molecule has 0 unspecified atom stereocenters. The third kappa shape index (κ3) is 1.58. The predicted octanol–water partition coefficient (Wildman–Crippen LogP) is 1.55. The molecule has 0 aliphatic heterocycles. The first-order chi connectivity index (χ1) is 7.61. The van der Waals surface area contributed by atoms with Gasteiger partial charge in [-0.2, -0.15) is 0 Å². The summed E-state index contributed by atoms with van der Waals surface area (Å²) in [5.74, 6) is -1.07. The molecule has 0 radical (unpaired) electrons. The van der Waals surface area contributed by atoms with E-state index in [4.69, 9.17) is 5.11 Å². The van der Waals surface area contributed by atoms with Gasteiger partial charge in [-0.05, 0) is 26.0 Å². The lowest BCUT2D eigenvalue weighted by atomic mass is 10.2. The van der Waals surface area contributed by atoms with Gasteiger partial charge < -0.3 is 10.1 Å². The van der Waals surface area contributed by atoms with Crippen molar-refractivity contribution in [1.29, 1.82) is 0 Å². The number of rotatable bonds is 3. The van der Waals surface area contributed by atoms with E-state index < -0.39 is 5.97 Å². The number of carboxylic acids is 1. The Bertz CT molecular complexity index is 499. The van der Waals surface area contributed by atoms with E-state index in [2.05, 4.69) is 15.3 Å². The van der Waals surface area contributed by atoms with E-state index in [1.807, 2.05) is 13.8 Å². The van der Waals surface area contributed by atoms with Gasteiger partial charge >= 0.3 is 5.97 Å². The Kier molecular flexibility index (Phi) is 2.47. The second-order valence-electron chi connectivity index (χ2n) is 3.71. The molecule has 0 bridgehead atoms. The Labute approximate surface area is 91.9 Å². The fraction of sp³-hybridized carbons (Fsp3) is 0.300. The van der Waals surface area contributed by atoms with Crippen LogP contribution in [0.4, 0.5) is 0 Å². The summed E-state index contributed by atoms with van der Waals surface area (Å²) in [7, 11) is 0. The van der Waals surface area contributed by atoms with Crippen molar-refractivity contribution in [2.75, 3.05) is 0 Å². The first-order valence-electron chi connectivity index (χ1n) is 4.93. The van der Waals surface area contributed by atoms with Crippen LogP contribution in [0.3, 0.4) is 0 Å². The zero-order chi connectivity index (χ0) is 11.7. The summed E-state index contributed by atoms with van der Waals surface area (Å²) in [6.07, 6.45) is 1.73. The van der Waals surface area contributed by atoms with Crippen molar-refractivity contribution in [3.05, 3.63) is 24.0 Å². The van der Waals surface area contributed by atoms with E-state index in [0.29, 0.717) is 11.4 Å². The van der Waals surface area contributed by atoms with E-state index in [-0.39, 0.29) is 11.7 Å². The quantitative estimate of drug-likeness (QED) is 0.822. The maximum Gasteiger partial charge on any atom is 0.358 e. The Morgan fingerprint density at radius 2 is 2.31 bits per heavy atom. The molecule has 0 atom stereocenters. The van der Waals surface area contributed by atoms with E-state index in [9.17, 15) is 4.79 Å². The highest BCUT2D eigenvalue weighted by atomic mass is 16.4. The van der Waals surface area contributed by atoms with Crippen molar-refractivity contribution in [2.24, 2.45) is 0 Å². The molecule has 2 aromatic heterocycles. The highest BCUT2D eigenvalue weighted by Gasteiger charge is 2.22. The number of carboxylic acid groups (broad SMARTS) is 1. The summed E-state index contributed by atoms with van der Waals surface area (Å²) >= 11 is 0. The lowest BCUT2D eigenvalue weighted by molar-refractivity contribution is 0.0691. The Hall–Kier alpha value is -2.11. The minimum atomic E-state index is -1.07. The Morgan fingerprint density at radius 1 is 1.56 bits per heavy atom. The third-order valence-electron chi connectivity index (χ3n) is 2.24. The van der Waals surface area contributed by atoms with Crippen molar-refractivity contribution >= 4 is 5.97 Å². The van der Waals surface area contributed by atoms with E-state index >= 15 is 0 Å². The molecular weight excluding hydrogens is 208 g/mol. The van der Waals surface area contributed by atoms with Crippen molar-refractivity contribution in [1.82, 2.24) is 20.0 Å². The van der Waals surface area contributed by atoms with Crippen molar-refractivity contribution < 1.29 is 9.90 Å². The molecule has 0 amide bonds. The summed E-state index contributed by atoms with van der Waals surface area (Å²) in [5, 5.41) is 16.6. The van der Waals surface area contributed by atoms with Crippen LogP contribution in [0, 0.1) is 0 Å². The van der Waals surface area contributed by atoms with Crippen LogP contribution in [0.2, 0.25) is 0 Å². The van der Waals surface area contributed by atoms with Gasteiger partial charge in [0.15, 0.2) is 5.69 Å². The molecule has 2 N–H and O–H groups in total. The van der Waals surface area contributed by atoms with E-state index in [1.54, 1.807) is 23.0 Å². The Morgan fingerprint density at radius 3 is 2.81 bits per heavy atom. The molecular formula is C10H12N4O2. The summed E-state index contributed by atoms with van der Waals surface area (Å²) in [4.78, 5) is 14.0. The fourth-order valence-electron chi connectivity index (χ4n) is 1.53. The van der Waals surface area contributed by atoms with Gasteiger partial charge in [-0.25, -0.2) is 9.48 Å². The second-order valence-corrected chi connectivity index (χ2v) is 3.71. The minimum absolute atomic E-state index is 0.0313. The number of aromatic carboxylic acids is 1. The number of aromatic nitrogens is 4. The van der Waals surface area contributed by atoms with Gasteiger partial charge in [-0.1, -0.05) is 5.21 Å². The summed E-state index contributed by atoms with van der Waals surface area (Å²) < 4.78 is 1.59. The molecule has 2 aromatic rings. The topological polar surface area (TPSA) is 83.8 Å². The molecule has 0 aromatic carbocycles. The van der Waals surface area contributed by atoms with Crippen LogP contribution in [-0.2, 0) is 0 Å². The highest BCUT2D eigenvalue weighted by Crippen LogP contribution is 2.23. The molecule has 0 spiro atoms. The lowest BCUT2D eigenvalue weighted by Crippen LogP contribution is -2.07. The zero-order valence-electron chi connectivity index (χ0n) is 9.01. The molecule has 16 heavy (non-hydrogen) atoms. The number of hydrogen-bond donors (Lipinski definition) is 2. The average molecular weight is 220 g/mol. The summed E-state index contributed by atoms with van der Waals surface area (Å²) in [6.45, 7) is 3.85. The second kappa shape index (κ2) is 3.80. The molecule has 0 aliphatic carbocycles. The van der Waals surface area contributed by atoms with Gasteiger partial charge in [-0.15, -0.1) is 5.10 Å². The van der Waals surface area contributed by atoms with Crippen LogP contribution in [0.5, 0.6) is 0 Å². The van der Waals surface area contributed by atoms with Crippen LogP contribution in [0.15, 0.2) is 18.3 Å². The Balaban J connectivity index is 2.63. The minimum Gasteiger partial charge on any atom is -0.476 e. The highest BCUT2D eigenvalue weighted by molar-refractivity contribution is 5.92. The van der Waals surface area contributed by atoms with Crippen molar-refractivity contribution in [3.63, 3.8) is 0 Å². The molecule has 0 saturated heterocycles. The largest absolute Gasteiger partial charge is 0.476 e. The van der Waals surface area contributed by atoms with Gasteiger partial charge in [0.05, 0.1) is 5.69 Å². The van der Waals surface area contributed by atoms with Crippen LogP contribution in [0.25, 0.3) is 11.4 Å². The third-order valence-corrected chi connectivity index (χ3v) is 2.24. The molecule has 0 aliphatic rings. The van der Waals surface area contributed by atoms with Gasteiger partial charge in [0, 0.05) is 12.2 Å². The monoisotopic (exact) mass is 220 g/mol. The summed E-state index contributed by atoms with van der Waals surface area (Å²) in [6, 6.07) is 3.65.